The van der Waals surface area contributed by atoms with E-state index >= 15 is 0 Å². The van der Waals surface area contributed by atoms with E-state index in [0.29, 0.717) is 13.2 Å². The van der Waals surface area contributed by atoms with Crippen LogP contribution >= 0.6 is 8.38 Å². The molecular weight excluding hydrogens is 223 g/mol. The van der Waals surface area contributed by atoms with Gasteiger partial charge >= 0.3 is 0 Å². The highest BCUT2D eigenvalue weighted by Crippen LogP contribution is 2.39. The average Bonchev–Trinajstić information content (AvgIpc) is 2.31. The van der Waals surface area contributed by atoms with Gasteiger partial charge in [0.25, 0.3) is 0 Å². The van der Waals surface area contributed by atoms with Gasteiger partial charge in [0.15, 0.2) is 0 Å². The Hall–Kier alpha value is -0.890. The molecule has 0 atom stereocenters. The van der Waals surface area contributed by atoms with Crippen molar-refractivity contribution in [2.24, 2.45) is 0 Å². The molecule has 1 aromatic carbocycles. The van der Waals surface area contributed by atoms with Crippen LogP contribution in [-0.4, -0.2) is 13.2 Å². The van der Waals surface area contributed by atoms with E-state index in [1.807, 2.05) is 50.0 Å². The lowest BCUT2D eigenvalue weighted by atomic mass is 10.3. The summed E-state index contributed by atoms with van der Waals surface area (Å²) in [5.74, 6) is 2.62. The monoisotopic (exact) mass is 240 g/mol. The fraction of sp³-hybridized carbons (Fsp3) is 0.333. The number of rotatable bonds is 7. The van der Waals surface area contributed by atoms with E-state index < -0.39 is 8.38 Å². The van der Waals surface area contributed by atoms with Crippen LogP contribution in [0.4, 0.5) is 0 Å². The highest BCUT2D eigenvalue weighted by Gasteiger charge is 2.03. The zero-order valence-electron chi connectivity index (χ0n) is 9.63. The van der Waals surface area contributed by atoms with Crippen molar-refractivity contribution < 1.29 is 13.8 Å². The molecule has 0 saturated carbocycles. The lowest BCUT2D eigenvalue weighted by Crippen LogP contribution is -1.88. The molecule has 88 valence electrons. The molecule has 0 spiro atoms. The summed E-state index contributed by atoms with van der Waals surface area (Å²) in [4.78, 5) is 0. The number of ether oxygens (including phenoxy) is 1. The van der Waals surface area contributed by atoms with Gasteiger partial charge in [-0.05, 0) is 26.0 Å². The van der Waals surface area contributed by atoms with E-state index in [1.54, 1.807) is 6.26 Å². The molecule has 0 fully saturated rings. The Morgan fingerprint density at radius 3 is 2.25 bits per heavy atom. The lowest BCUT2D eigenvalue weighted by Gasteiger charge is -2.10. The maximum Gasteiger partial charge on any atom is 0.200 e. The summed E-state index contributed by atoms with van der Waals surface area (Å²) in [6.07, 6.45) is 1.62. The highest BCUT2D eigenvalue weighted by molar-refractivity contribution is 7.50. The van der Waals surface area contributed by atoms with Crippen molar-refractivity contribution in [1.82, 2.24) is 0 Å². The number of benzene rings is 1. The summed E-state index contributed by atoms with van der Waals surface area (Å²) in [5.41, 5.74) is 0. The Balaban J connectivity index is 2.39. The molecule has 0 aromatic heterocycles. The highest BCUT2D eigenvalue weighted by atomic mass is 31.2. The van der Waals surface area contributed by atoms with Crippen LogP contribution in [0.1, 0.15) is 13.8 Å². The lowest BCUT2D eigenvalue weighted by molar-refractivity contribution is 0.276. The molecule has 0 heterocycles. The first-order chi connectivity index (χ1) is 7.86. The second kappa shape index (κ2) is 8.28. The molecule has 1 rings (SSSR count). The van der Waals surface area contributed by atoms with Crippen LogP contribution in [0.5, 0.6) is 5.75 Å². The first-order valence-corrected chi connectivity index (χ1v) is 6.55. The van der Waals surface area contributed by atoms with Gasteiger partial charge in [-0.1, -0.05) is 18.2 Å². The Morgan fingerprint density at radius 2 is 1.69 bits per heavy atom. The molecule has 0 aliphatic carbocycles. The zero-order chi connectivity index (χ0) is 11.6. The maximum absolute atomic E-state index is 5.40. The number of hydrogen-bond donors (Lipinski definition) is 0. The SMILES string of the molecule is CCOP(C=COc1ccccc1)OCC. The molecule has 1 aromatic rings. The Bertz CT molecular complexity index is 294. The van der Waals surface area contributed by atoms with Crippen LogP contribution in [-0.2, 0) is 9.05 Å². The summed E-state index contributed by atoms with van der Waals surface area (Å²) in [7, 11) is -0.963. The fourth-order valence-electron chi connectivity index (χ4n) is 1.04. The molecule has 16 heavy (non-hydrogen) atoms. The van der Waals surface area contributed by atoms with Crippen LogP contribution in [0.2, 0.25) is 0 Å². The molecule has 0 bridgehead atoms. The third-order valence-corrected chi connectivity index (χ3v) is 3.03. The van der Waals surface area contributed by atoms with Crippen LogP contribution in [0, 0.1) is 0 Å². The second-order valence-corrected chi connectivity index (χ2v) is 4.22. The largest absolute Gasteiger partial charge is 0.465 e. The van der Waals surface area contributed by atoms with Crippen molar-refractivity contribution in [2.75, 3.05) is 13.2 Å². The van der Waals surface area contributed by atoms with Crippen molar-refractivity contribution in [2.45, 2.75) is 13.8 Å². The molecule has 0 radical (unpaired) electrons. The van der Waals surface area contributed by atoms with Gasteiger partial charge in [-0.2, -0.15) is 0 Å². The molecular formula is C12H17O3P. The predicted octanol–water partition coefficient (Wildman–Crippen LogP) is 3.92. The van der Waals surface area contributed by atoms with Crippen molar-refractivity contribution in [3.63, 3.8) is 0 Å². The van der Waals surface area contributed by atoms with E-state index in [0.717, 1.165) is 5.75 Å². The summed E-state index contributed by atoms with van der Waals surface area (Å²) in [6.45, 7) is 5.17. The van der Waals surface area contributed by atoms with E-state index in [4.69, 9.17) is 13.8 Å². The summed E-state index contributed by atoms with van der Waals surface area (Å²) >= 11 is 0. The van der Waals surface area contributed by atoms with Gasteiger partial charge in [-0.15, -0.1) is 0 Å². The molecule has 0 amide bonds. The summed E-state index contributed by atoms with van der Waals surface area (Å²) < 4.78 is 16.2. The van der Waals surface area contributed by atoms with Crippen molar-refractivity contribution >= 4 is 8.38 Å². The van der Waals surface area contributed by atoms with Crippen molar-refractivity contribution in [1.29, 1.82) is 0 Å². The molecule has 0 aliphatic heterocycles. The molecule has 0 saturated heterocycles. The van der Waals surface area contributed by atoms with Crippen LogP contribution < -0.4 is 4.74 Å². The minimum absolute atomic E-state index is 0.640. The van der Waals surface area contributed by atoms with Crippen molar-refractivity contribution in [3.8, 4) is 5.75 Å². The van der Waals surface area contributed by atoms with Gasteiger partial charge in [0.1, 0.15) is 5.75 Å². The van der Waals surface area contributed by atoms with E-state index in [-0.39, 0.29) is 0 Å². The van der Waals surface area contributed by atoms with Crippen LogP contribution in [0.25, 0.3) is 0 Å². The van der Waals surface area contributed by atoms with Crippen LogP contribution in [0.3, 0.4) is 0 Å². The van der Waals surface area contributed by atoms with E-state index in [9.17, 15) is 0 Å². The fourth-order valence-corrected chi connectivity index (χ4v) is 1.95. The zero-order valence-corrected chi connectivity index (χ0v) is 10.5. The first-order valence-electron chi connectivity index (χ1n) is 5.30. The number of para-hydroxylation sites is 1. The second-order valence-electron chi connectivity index (χ2n) is 2.84. The van der Waals surface area contributed by atoms with E-state index in [1.165, 1.54) is 0 Å². The topological polar surface area (TPSA) is 27.7 Å². The normalized spacial score (nSPS) is 11.2. The molecule has 0 unspecified atom stereocenters. The third kappa shape index (κ3) is 5.26. The average molecular weight is 240 g/mol. The smallest absolute Gasteiger partial charge is 0.200 e. The standard InChI is InChI=1S/C12H17O3P/c1-3-14-16(15-4-2)11-10-13-12-8-6-5-7-9-12/h5-11H,3-4H2,1-2H3. The molecule has 3 nitrogen and oxygen atoms in total. The van der Waals surface area contributed by atoms with Crippen LogP contribution in [0.15, 0.2) is 42.4 Å². The van der Waals surface area contributed by atoms with Gasteiger partial charge in [-0.3, -0.25) is 0 Å². The van der Waals surface area contributed by atoms with Gasteiger partial charge in [0.2, 0.25) is 8.38 Å². The Kier molecular flexibility index (Phi) is 6.82. The Morgan fingerprint density at radius 1 is 1.06 bits per heavy atom. The van der Waals surface area contributed by atoms with Gasteiger partial charge in [-0.25, -0.2) is 0 Å². The van der Waals surface area contributed by atoms with Gasteiger partial charge in [0, 0.05) is 5.82 Å². The first kappa shape index (κ1) is 13.2. The van der Waals surface area contributed by atoms with Gasteiger partial charge in [0.05, 0.1) is 19.5 Å². The Labute approximate surface area is 97.9 Å². The molecule has 4 heteroatoms. The summed E-state index contributed by atoms with van der Waals surface area (Å²) in [6, 6.07) is 9.60. The van der Waals surface area contributed by atoms with E-state index in [2.05, 4.69) is 0 Å². The number of hydrogen-bond acceptors (Lipinski definition) is 3. The maximum atomic E-state index is 5.40. The van der Waals surface area contributed by atoms with Crippen molar-refractivity contribution in [3.05, 3.63) is 42.4 Å². The third-order valence-electron chi connectivity index (χ3n) is 1.64. The molecule has 0 aliphatic rings. The summed E-state index contributed by atoms with van der Waals surface area (Å²) in [5, 5.41) is 0. The molecule has 0 N–H and O–H groups in total. The predicted molar refractivity (Wildman–Crippen MR) is 66.4 cm³/mol. The van der Waals surface area contributed by atoms with Gasteiger partial charge < -0.3 is 13.8 Å². The minimum Gasteiger partial charge on any atom is -0.465 e. The minimum atomic E-state index is -0.963. The quantitative estimate of drug-likeness (QED) is 0.534.